The predicted octanol–water partition coefficient (Wildman–Crippen LogP) is -0.0948. The lowest BCUT2D eigenvalue weighted by molar-refractivity contribution is -0.133. The molecule has 0 aliphatic heterocycles. The van der Waals surface area contributed by atoms with Crippen molar-refractivity contribution in [2.45, 2.75) is 30.3 Å². The molecule has 0 aromatic carbocycles. The van der Waals surface area contributed by atoms with Crippen LogP contribution in [0.5, 0.6) is 0 Å². The van der Waals surface area contributed by atoms with Crippen LogP contribution < -0.4 is 5.69 Å². The van der Waals surface area contributed by atoms with Gasteiger partial charge in [-0.1, -0.05) is 18.7 Å². The third kappa shape index (κ3) is 4.30. The predicted molar refractivity (Wildman–Crippen MR) is 69.4 cm³/mol. The number of nitrogens with one attached hydrogen (secondary N) is 1. The van der Waals surface area contributed by atoms with Crippen molar-refractivity contribution in [1.82, 2.24) is 14.8 Å². The Morgan fingerprint density at radius 3 is 2.89 bits per heavy atom. The fourth-order valence-electron chi connectivity index (χ4n) is 1.21. The Bertz CT molecular complexity index is 496. The molecule has 0 saturated heterocycles. The summed E-state index contributed by atoms with van der Waals surface area (Å²) >= 11 is 0.981. The van der Waals surface area contributed by atoms with Gasteiger partial charge in [-0.05, 0) is 6.42 Å². The number of carbonyl (C=O) groups is 1. The first kappa shape index (κ1) is 15.0. The van der Waals surface area contributed by atoms with E-state index in [-0.39, 0.29) is 16.7 Å². The van der Waals surface area contributed by atoms with Gasteiger partial charge >= 0.3 is 11.7 Å². The molecule has 0 fully saturated rings. The lowest BCUT2D eigenvalue weighted by Gasteiger charge is -2.09. The first-order chi connectivity index (χ1) is 8.41. The molecule has 1 aromatic rings. The van der Waals surface area contributed by atoms with Crippen LogP contribution in [0.1, 0.15) is 13.3 Å². The van der Waals surface area contributed by atoms with Crippen LogP contribution in [0, 0.1) is 0 Å². The van der Waals surface area contributed by atoms with Crippen LogP contribution in [0.4, 0.5) is 0 Å². The molecule has 0 bridgehead atoms. The Kier molecular flexibility index (Phi) is 5.60. The maximum atomic E-state index is 11.5. The summed E-state index contributed by atoms with van der Waals surface area (Å²) in [5, 5.41) is 14.9. The van der Waals surface area contributed by atoms with Crippen LogP contribution >= 0.6 is 11.8 Å². The van der Waals surface area contributed by atoms with E-state index in [9.17, 15) is 13.8 Å². The molecule has 0 aliphatic carbocycles. The third-order valence-electron chi connectivity index (χ3n) is 2.37. The SMILES string of the molecule is CC(CCn1c(SCC(=O)O)n[nH]c1=O)S(C)=O. The molecule has 1 aromatic heterocycles. The molecule has 0 spiro atoms. The van der Waals surface area contributed by atoms with E-state index >= 15 is 0 Å². The van der Waals surface area contributed by atoms with E-state index in [0.29, 0.717) is 18.1 Å². The van der Waals surface area contributed by atoms with Crippen molar-refractivity contribution in [2.75, 3.05) is 12.0 Å². The molecule has 2 atom stereocenters. The average Bonchev–Trinajstić information content (AvgIpc) is 2.64. The van der Waals surface area contributed by atoms with Crippen LogP contribution in [-0.2, 0) is 22.1 Å². The highest BCUT2D eigenvalue weighted by atomic mass is 32.2. The standard InChI is InChI=1S/C9H15N3O4S2/c1-6(18(2)16)3-4-12-8(15)10-11-9(12)17-5-7(13)14/h6H,3-5H2,1-2H3,(H,10,15)(H,13,14). The molecule has 7 nitrogen and oxygen atoms in total. The van der Waals surface area contributed by atoms with Crippen molar-refractivity contribution in [1.29, 1.82) is 0 Å². The summed E-state index contributed by atoms with van der Waals surface area (Å²) in [6.07, 6.45) is 2.19. The Labute approximate surface area is 110 Å². The molecule has 1 rings (SSSR count). The van der Waals surface area contributed by atoms with E-state index in [2.05, 4.69) is 10.2 Å². The Morgan fingerprint density at radius 2 is 2.33 bits per heavy atom. The van der Waals surface area contributed by atoms with Crippen molar-refractivity contribution < 1.29 is 14.1 Å². The van der Waals surface area contributed by atoms with E-state index in [1.807, 2.05) is 6.92 Å². The number of carboxylic acids is 1. The van der Waals surface area contributed by atoms with Gasteiger partial charge in [0, 0.05) is 28.9 Å². The molecule has 0 saturated carbocycles. The summed E-state index contributed by atoms with van der Waals surface area (Å²) in [6.45, 7) is 2.21. The summed E-state index contributed by atoms with van der Waals surface area (Å²) in [5.74, 6) is -1.12. The van der Waals surface area contributed by atoms with Gasteiger partial charge in [0.15, 0.2) is 5.16 Å². The fourth-order valence-corrected chi connectivity index (χ4v) is 2.34. The number of H-pyrrole nitrogens is 1. The highest BCUT2D eigenvalue weighted by Crippen LogP contribution is 2.13. The van der Waals surface area contributed by atoms with Gasteiger partial charge in [0.1, 0.15) is 0 Å². The van der Waals surface area contributed by atoms with Gasteiger partial charge in [-0.3, -0.25) is 13.6 Å². The van der Waals surface area contributed by atoms with E-state index in [1.165, 1.54) is 4.57 Å². The lowest BCUT2D eigenvalue weighted by Crippen LogP contribution is -2.21. The normalized spacial score (nSPS) is 14.3. The molecule has 9 heteroatoms. The summed E-state index contributed by atoms with van der Waals surface area (Å²) in [6, 6.07) is 0. The summed E-state index contributed by atoms with van der Waals surface area (Å²) in [5.41, 5.74) is -0.378. The molecule has 0 amide bonds. The number of aliphatic carboxylic acids is 1. The molecule has 2 N–H and O–H groups in total. The van der Waals surface area contributed by atoms with Crippen molar-refractivity contribution in [2.24, 2.45) is 0 Å². The minimum Gasteiger partial charge on any atom is -0.481 e. The Morgan fingerprint density at radius 1 is 1.67 bits per heavy atom. The highest BCUT2D eigenvalue weighted by molar-refractivity contribution is 7.99. The van der Waals surface area contributed by atoms with E-state index in [0.717, 1.165) is 11.8 Å². The molecule has 1 heterocycles. The van der Waals surface area contributed by atoms with Crippen molar-refractivity contribution in [3.8, 4) is 0 Å². The van der Waals surface area contributed by atoms with Gasteiger partial charge in [-0.25, -0.2) is 9.89 Å². The molecule has 0 radical (unpaired) electrons. The quantitative estimate of drug-likeness (QED) is 0.680. The molecular formula is C9H15N3O4S2. The van der Waals surface area contributed by atoms with Crippen LogP contribution in [0.25, 0.3) is 0 Å². The second-order valence-corrected chi connectivity index (χ2v) is 6.49. The smallest absolute Gasteiger partial charge is 0.343 e. The summed E-state index contributed by atoms with van der Waals surface area (Å²) in [7, 11) is -0.943. The first-order valence-corrected chi connectivity index (χ1v) is 7.84. The van der Waals surface area contributed by atoms with Crippen LogP contribution in [-0.4, -0.2) is 47.3 Å². The van der Waals surface area contributed by atoms with Gasteiger partial charge in [0.25, 0.3) is 0 Å². The molecule has 0 aliphatic rings. The van der Waals surface area contributed by atoms with Gasteiger partial charge in [-0.15, -0.1) is 5.10 Å². The van der Waals surface area contributed by atoms with E-state index in [1.54, 1.807) is 6.26 Å². The minimum absolute atomic E-state index is 0.0240. The topological polar surface area (TPSA) is 105 Å². The maximum Gasteiger partial charge on any atom is 0.343 e. The van der Waals surface area contributed by atoms with E-state index in [4.69, 9.17) is 5.11 Å². The largest absolute Gasteiger partial charge is 0.481 e. The molecule has 2 unspecified atom stereocenters. The van der Waals surface area contributed by atoms with Crippen LogP contribution in [0.15, 0.2) is 9.95 Å². The molecular weight excluding hydrogens is 278 g/mol. The minimum atomic E-state index is -0.968. The van der Waals surface area contributed by atoms with Gasteiger partial charge in [-0.2, -0.15) is 0 Å². The molecule has 18 heavy (non-hydrogen) atoms. The third-order valence-corrected chi connectivity index (χ3v) is 4.70. The monoisotopic (exact) mass is 293 g/mol. The average molecular weight is 293 g/mol. The highest BCUT2D eigenvalue weighted by Gasteiger charge is 2.13. The number of aromatic nitrogens is 3. The summed E-state index contributed by atoms with van der Waals surface area (Å²) in [4.78, 5) is 21.9. The zero-order valence-corrected chi connectivity index (χ0v) is 11.7. The number of hydrogen-bond acceptors (Lipinski definition) is 5. The van der Waals surface area contributed by atoms with Crippen LogP contribution in [0.2, 0.25) is 0 Å². The zero-order valence-electron chi connectivity index (χ0n) is 10.1. The van der Waals surface area contributed by atoms with Crippen LogP contribution in [0.3, 0.4) is 0 Å². The van der Waals surface area contributed by atoms with Crippen molar-refractivity contribution >= 4 is 28.5 Å². The number of carboxylic acid groups (broad SMARTS) is 1. The van der Waals surface area contributed by atoms with Crippen molar-refractivity contribution in [3.63, 3.8) is 0 Å². The van der Waals surface area contributed by atoms with Crippen molar-refractivity contribution in [3.05, 3.63) is 10.5 Å². The number of hydrogen-bond donors (Lipinski definition) is 2. The lowest BCUT2D eigenvalue weighted by atomic mass is 10.3. The fraction of sp³-hybridized carbons (Fsp3) is 0.667. The number of thioether (sulfide) groups is 1. The second-order valence-electron chi connectivity index (χ2n) is 3.74. The Balaban J connectivity index is 2.69. The number of nitrogens with zero attached hydrogens (tertiary/aromatic N) is 2. The van der Waals surface area contributed by atoms with E-state index < -0.39 is 16.8 Å². The number of rotatable bonds is 7. The first-order valence-electron chi connectivity index (χ1n) is 5.24. The number of aromatic amines is 1. The second kappa shape index (κ2) is 6.74. The summed E-state index contributed by atoms with van der Waals surface area (Å²) < 4.78 is 12.6. The Hall–Kier alpha value is -1.09. The maximum absolute atomic E-state index is 11.5. The van der Waals surface area contributed by atoms with Gasteiger partial charge in [0.05, 0.1) is 5.75 Å². The zero-order chi connectivity index (χ0) is 13.7. The molecule has 102 valence electrons. The van der Waals surface area contributed by atoms with Gasteiger partial charge in [0.2, 0.25) is 0 Å². The van der Waals surface area contributed by atoms with Gasteiger partial charge < -0.3 is 5.11 Å².